The van der Waals surface area contributed by atoms with Gasteiger partial charge >= 0.3 is 0 Å². The Morgan fingerprint density at radius 1 is 1.41 bits per heavy atom. The van der Waals surface area contributed by atoms with Crippen LogP contribution in [0.25, 0.3) is 6.08 Å². The molecular weight excluding hydrogens is 312 g/mol. The molecule has 0 unspecified atom stereocenters. The number of hydrogen-bond donors (Lipinski definition) is 2. The van der Waals surface area contributed by atoms with Crippen LogP contribution in [0.15, 0.2) is 28.0 Å². The lowest BCUT2D eigenvalue weighted by Gasteiger charge is -1.96. The average Bonchev–Trinajstić information content (AvgIpc) is 2.23. The van der Waals surface area contributed by atoms with Gasteiger partial charge in [0, 0.05) is 4.47 Å². The summed E-state index contributed by atoms with van der Waals surface area (Å²) < 4.78 is 30.4. The second-order valence-corrected chi connectivity index (χ2v) is 5.56. The van der Waals surface area contributed by atoms with Crippen molar-refractivity contribution in [2.45, 2.75) is 5.75 Å². The first-order valence-corrected chi connectivity index (χ1v) is 6.78. The summed E-state index contributed by atoms with van der Waals surface area (Å²) in [6.45, 7) is 3.37. The normalized spacial score (nSPS) is 11.2. The Morgan fingerprint density at radius 2 is 2.00 bits per heavy atom. The zero-order valence-electron chi connectivity index (χ0n) is 8.55. The highest BCUT2D eigenvalue weighted by Gasteiger charge is 2.12. The standard InChI is InChI=1S/C10H9BrO5S/c1-2-7-9(12)3-6(5-17(14,15)16)8(11)4-10(7)13/h2-4,13H,1,5H2,(H,14,15,16). The first kappa shape index (κ1) is 13.9. The van der Waals surface area contributed by atoms with E-state index in [1.54, 1.807) is 0 Å². The maximum absolute atomic E-state index is 11.6. The molecule has 0 fully saturated rings. The first-order chi connectivity index (χ1) is 7.74. The number of halogens is 1. The van der Waals surface area contributed by atoms with E-state index in [1.807, 2.05) is 0 Å². The average molecular weight is 321 g/mol. The highest BCUT2D eigenvalue weighted by Crippen LogP contribution is 2.23. The minimum Gasteiger partial charge on any atom is -0.507 e. The fraction of sp³-hybridized carbons (Fsp3) is 0.100. The molecule has 1 rings (SSSR count). The summed E-state index contributed by atoms with van der Waals surface area (Å²) in [5.74, 6) is -1.04. The molecule has 1 aromatic carbocycles. The van der Waals surface area contributed by atoms with E-state index in [2.05, 4.69) is 22.5 Å². The van der Waals surface area contributed by atoms with Crippen LogP contribution in [0.3, 0.4) is 0 Å². The molecule has 0 amide bonds. The van der Waals surface area contributed by atoms with E-state index in [4.69, 9.17) is 4.55 Å². The summed E-state index contributed by atoms with van der Waals surface area (Å²) in [6.07, 6.45) is 1.17. The van der Waals surface area contributed by atoms with Gasteiger partial charge in [-0.2, -0.15) is 8.42 Å². The van der Waals surface area contributed by atoms with E-state index in [1.165, 1.54) is 12.1 Å². The molecule has 5 nitrogen and oxygen atoms in total. The van der Waals surface area contributed by atoms with Gasteiger partial charge < -0.3 is 5.11 Å². The zero-order valence-corrected chi connectivity index (χ0v) is 11.0. The predicted octanol–water partition coefficient (Wildman–Crippen LogP) is 1.55. The predicted molar refractivity (Wildman–Crippen MR) is 67.4 cm³/mol. The molecular formula is C10H9BrO5S. The molecule has 0 atom stereocenters. The van der Waals surface area contributed by atoms with Crippen LogP contribution in [-0.2, 0) is 15.9 Å². The lowest BCUT2D eigenvalue weighted by molar-refractivity contribution is 0.473. The molecule has 7 heteroatoms. The Morgan fingerprint density at radius 3 is 2.47 bits per heavy atom. The highest BCUT2D eigenvalue weighted by atomic mass is 79.9. The molecule has 0 bridgehead atoms. The van der Waals surface area contributed by atoms with Gasteiger partial charge in [-0.15, -0.1) is 0 Å². The third kappa shape index (κ3) is 3.65. The topological polar surface area (TPSA) is 91.7 Å². The second-order valence-electron chi connectivity index (χ2n) is 3.26. The van der Waals surface area contributed by atoms with Crippen molar-refractivity contribution in [2.75, 3.05) is 0 Å². The first-order valence-electron chi connectivity index (χ1n) is 4.38. The van der Waals surface area contributed by atoms with E-state index in [-0.39, 0.29) is 21.3 Å². The van der Waals surface area contributed by atoms with Crippen molar-refractivity contribution in [1.29, 1.82) is 0 Å². The third-order valence-electron chi connectivity index (χ3n) is 1.96. The molecule has 0 spiro atoms. The maximum atomic E-state index is 11.6. The van der Waals surface area contributed by atoms with Gasteiger partial charge in [0.2, 0.25) is 0 Å². The SMILES string of the molecule is C=Cc1c(O)cc(Br)c(CS(=O)(=O)O)cc1=O. The van der Waals surface area contributed by atoms with E-state index in [9.17, 15) is 18.3 Å². The lowest BCUT2D eigenvalue weighted by atomic mass is 10.2. The summed E-state index contributed by atoms with van der Waals surface area (Å²) in [6, 6.07) is 2.20. The molecule has 92 valence electrons. The summed E-state index contributed by atoms with van der Waals surface area (Å²) in [5, 5.41) is 9.54. The Kier molecular flexibility index (Phi) is 4.07. The van der Waals surface area contributed by atoms with Crippen LogP contribution < -0.4 is 5.43 Å². The van der Waals surface area contributed by atoms with Gasteiger partial charge in [-0.25, -0.2) is 0 Å². The van der Waals surface area contributed by atoms with Gasteiger partial charge in [0.15, 0.2) is 5.43 Å². The van der Waals surface area contributed by atoms with Crippen molar-refractivity contribution in [3.8, 4) is 5.75 Å². The summed E-state index contributed by atoms with van der Waals surface area (Å²) in [4.78, 5) is 11.6. The van der Waals surface area contributed by atoms with Crippen molar-refractivity contribution in [2.24, 2.45) is 0 Å². The Labute approximate surface area is 106 Å². The number of aromatic hydroxyl groups is 1. The van der Waals surface area contributed by atoms with E-state index >= 15 is 0 Å². The summed E-state index contributed by atoms with van der Waals surface area (Å²) >= 11 is 3.02. The molecule has 0 aliphatic carbocycles. The van der Waals surface area contributed by atoms with Crippen LogP contribution >= 0.6 is 15.9 Å². The summed E-state index contributed by atoms with van der Waals surface area (Å²) in [5.41, 5.74) is -0.560. The molecule has 2 N–H and O–H groups in total. The molecule has 0 radical (unpaired) electrons. The molecule has 0 saturated heterocycles. The Hall–Kier alpha value is -1.18. The molecule has 17 heavy (non-hydrogen) atoms. The van der Waals surface area contributed by atoms with E-state index in [0.29, 0.717) is 0 Å². The van der Waals surface area contributed by atoms with Crippen molar-refractivity contribution in [3.63, 3.8) is 0 Å². The summed E-state index contributed by atoms with van der Waals surface area (Å²) in [7, 11) is -4.26. The minimum absolute atomic E-state index is 0.0349. The van der Waals surface area contributed by atoms with E-state index < -0.39 is 21.3 Å². The largest absolute Gasteiger partial charge is 0.507 e. The fourth-order valence-electron chi connectivity index (χ4n) is 1.23. The van der Waals surface area contributed by atoms with Crippen LogP contribution in [-0.4, -0.2) is 18.1 Å². The number of rotatable bonds is 3. The van der Waals surface area contributed by atoms with Gasteiger partial charge in [0.05, 0.1) is 5.56 Å². The lowest BCUT2D eigenvalue weighted by Crippen LogP contribution is -2.05. The van der Waals surface area contributed by atoms with Crippen LogP contribution in [0.1, 0.15) is 11.1 Å². The number of hydrogen-bond acceptors (Lipinski definition) is 4. The molecule has 0 heterocycles. The van der Waals surface area contributed by atoms with Crippen molar-refractivity contribution >= 4 is 32.1 Å². The van der Waals surface area contributed by atoms with E-state index in [0.717, 1.165) is 6.07 Å². The Balaban J connectivity index is 3.57. The van der Waals surface area contributed by atoms with Crippen LogP contribution in [0.4, 0.5) is 0 Å². The molecule has 0 aromatic heterocycles. The van der Waals surface area contributed by atoms with Crippen molar-refractivity contribution in [1.82, 2.24) is 0 Å². The zero-order chi connectivity index (χ0) is 13.2. The second kappa shape index (κ2) is 4.99. The van der Waals surface area contributed by atoms with Gasteiger partial charge in [-0.3, -0.25) is 9.35 Å². The molecule has 0 saturated carbocycles. The van der Waals surface area contributed by atoms with Crippen LogP contribution in [0.5, 0.6) is 5.75 Å². The van der Waals surface area contributed by atoms with Crippen molar-refractivity contribution in [3.05, 3.63) is 44.5 Å². The smallest absolute Gasteiger partial charge is 0.269 e. The molecule has 0 aliphatic rings. The minimum atomic E-state index is -4.26. The monoisotopic (exact) mass is 320 g/mol. The molecule has 1 aromatic rings. The van der Waals surface area contributed by atoms with Gasteiger partial charge in [-0.05, 0) is 17.7 Å². The van der Waals surface area contributed by atoms with Gasteiger partial charge in [0.25, 0.3) is 10.1 Å². The van der Waals surface area contributed by atoms with Gasteiger partial charge in [0.1, 0.15) is 11.5 Å². The highest BCUT2D eigenvalue weighted by molar-refractivity contribution is 9.10. The maximum Gasteiger partial charge on any atom is 0.269 e. The fourth-order valence-corrected chi connectivity index (χ4v) is 2.52. The quantitative estimate of drug-likeness (QED) is 0.824. The Bertz CT molecular complexity index is 621. The van der Waals surface area contributed by atoms with Crippen LogP contribution in [0.2, 0.25) is 0 Å². The van der Waals surface area contributed by atoms with Crippen molar-refractivity contribution < 1.29 is 18.1 Å². The third-order valence-corrected chi connectivity index (χ3v) is 3.37. The molecule has 0 aliphatic heterocycles. The van der Waals surface area contributed by atoms with Gasteiger partial charge in [-0.1, -0.05) is 28.6 Å². The van der Waals surface area contributed by atoms with Crippen LogP contribution in [0, 0.1) is 0 Å².